The first-order chi connectivity index (χ1) is 10.1. The predicted octanol–water partition coefficient (Wildman–Crippen LogP) is 4.81. The highest BCUT2D eigenvalue weighted by molar-refractivity contribution is 5.70. The van der Waals surface area contributed by atoms with Crippen LogP contribution in [0.25, 0.3) is 11.1 Å². The Labute approximate surface area is 119 Å². The van der Waals surface area contributed by atoms with Gasteiger partial charge in [0.25, 0.3) is 0 Å². The normalized spacial score (nSPS) is 12.3. The summed E-state index contributed by atoms with van der Waals surface area (Å²) in [5.74, 6) is -2.17. The molecule has 0 spiro atoms. The van der Waals surface area contributed by atoms with Gasteiger partial charge in [0.2, 0.25) is 5.95 Å². The Morgan fingerprint density at radius 1 is 0.909 bits per heavy atom. The van der Waals surface area contributed by atoms with Crippen molar-refractivity contribution in [3.63, 3.8) is 0 Å². The van der Waals surface area contributed by atoms with E-state index in [9.17, 15) is 30.7 Å². The fourth-order valence-corrected chi connectivity index (χ4v) is 1.69. The van der Waals surface area contributed by atoms with Gasteiger partial charge < -0.3 is 4.74 Å². The Bertz CT molecular complexity index is 679. The first kappa shape index (κ1) is 16.1. The molecule has 0 saturated heterocycles. The van der Waals surface area contributed by atoms with E-state index in [0.29, 0.717) is 6.07 Å². The number of rotatable bonds is 2. The zero-order valence-electron chi connectivity index (χ0n) is 10.5. The van der Waals surface area contributed by atoms with Crippen molar-refractivity contribution < 1.29 is 35.5 Å². The molecule has 0 aliphatic heterocycles. The topological polar surface area (TPSA) is 22.1 Å². The maximum atomic E-state index is 13.6. The highest BCUT2D eigenvalue weighted by Gasteiger charge is 2.34. The molecule has 2 aromatic rings. The van der Waals surface area contributed by atoms with Gasteiger partial charge in [0.1, 0.15) is 5.75 Å². The number of hydrogen-bond acceptors (Lipinski definition) is 2. The van der Waals surface area contributed by atoms with Gasteiger partial charge in [0.15, 0.2) is 0 Å². The molecular formula is C13H6F7NO. The molecule has 0 amide bonds. The van der Waals surface area contributed by atoms with Gasteiger partial charge in [-0.1, -0.05) is 18.2 Å². The van der Waals surface area contributed by atoms with E-state index in [1.54, 1.807) is 0 Å². The summed E-state index contributed by atoms with van der Waals surface area (Å²) >= 11 is 0. The van der Waals surface area contributed by atoms with Crippen molar-refractivity contribution in [2.75, 3.05) is 0 Å². The monoisotopic (exact) mass is 325 g/mol. The molecule has 0 aliphatic carbocycles. The van der Waals surface area contributed by atoms with E-state index in [4.69, 9.17) is 0 Å². The fraction of sp³-hybridized carbons (Fsp3) is 0.154. The highest BCUT2D eigenvalue weighted by Crippen LogP contribution is 2.37. The van der Waals surface area contributed by atoms with Crippen molar-refractivity contribution >= 4 is 0 Å². The molecule has 9 heteroatoms. The molecule has 0 unspecified atom stereocenters. The largest absolute Gasteiger partial charge is 0.573 e. The lowest BCUT2D eigenvalue weighted by Crippen LogP contribution is -2.17. The van der Waals surface area contributed by atoms with Crippen LogP contribution < -0.4 is 4.74 Å². The maximum absolute atomic E-state index is 13.6. The average Bonchev–Trinajstić information content (AvgIpc) is 2.37. The van der Waals surface area contributed by atoms with Crippen LogP contribution in [0.3, 0.4) is 0 Å². The Balaban J connectivity index is 2.57. The molecule has 0 radical (unpaired) electrons. The number of ether oxygens (including phenoxy) is 1. The van der Waals surface area contributed by atoms with Crippen molar-refractivity contribution in [3.05, 3.63) is 48.0 Å². The second kappa shape index (κ2) is 5.47. The van der Waals surface area contributed by atoms with E-state index >= 15 is 0 Å². The maximum Gasteiger partial charge on any atom is 0.573 e. The first-order valence-corrected chi connectivity index (χ1v) is 5.66. The van der Waals surface area contributed by atoms with Crippen LogP contribution in [0.4, 0.5) is 30.7 Å². The molecule has 0 atom stereocenters. The van der Waals surface area contributed by atoms with E-state index in [0.717, 1.165) is 12.1 Å². The van der Waals surface area contributed by atoms with Crippen LogP contribution in [0.2, 0.25) is 0 Å². The van der Waals surface area contributed by atoms with E-state index in [1.165, 1.54) is 12.1 Å². The van der Waals surface area contributed by atoms with E-state index < -0.39 is 40.9 Å². The Morgan fingerprint density at radius 3 is 2.14 bits per heavy atom. The number of hydrogen-bond donors (Lipinski definition) is 0. The second-order valence-electron chi connectivity index (χ2n) is 4.10. The van der Waals surface area contributed by atoms with Gasteiger partial charge in [0, 0.05) is 17.3 Å². The summed E-state index contributed by atoms with van der Waals surface area (Å²) < 4.78 is 92.1. The van der Waals surface area contributed by atoms with Crippen LogP contribution in [-0.2, 0) is 6.18 Å². The van der Waals surface area contributed by atoms with E-state index in [1.807, 2.05) is 0 Å². The third kappa shape index (κ3) is 3.66. The molecule has 22 heavy (non-hydrogen) atoms. The molecule has 1 heterocycles. The van der Waals surface area contributed by atoms with Crippen molar-refractivity contribution in [1.82, 2.24) is 4.98 Å². The summed E-state index contributed by atoms with van der Waals surface area (Å²) in [7, 11) is 0. The van der Waals surface area contributed by atoms with Gasteiger partial charge in [-0.3, -0.25) is 0 Å². The minimum atomic E-state index is -5.07. The van der Waals surface area contributed by atoms with Crippen LogP contribution in [0.5, 0.6) is 5.75 Å². The second-order valence-corrected chi connectivity index (χ2v) is 4.10. The average molecular weight is 325 g/mol. The van der Waals surface area contributed by atoms with Crippen LogP contribution in [0.15, 0.2) is 36.5 Å². The molecule has 0 aliphatic rings. The van der Waals surface area contributed by atoms with Crippen LogP contribution in [-0.4, -0.2) is 11.3 Å². The number of nitrogens with zero attached hydrogens (tertiary/aromatic N) is 1. The zero-order valence-corrected chi connectivity index (χ0v) is 10.5. The van der Waals surface area contributed by atoms with Crippen molar-refractivity contribution in [3.8, 4) is 16.9 Å². The van der Waals surface area contributed by atoms with Gasteiger partial charge in [-0.2, -0.15) is 17.6 Å². The number of pyridine rings is 1. The summed E-state index contributed by atoms with van der Waals surface area (Å²) in [6.07, 6.45) is -9.62. The van der Waals surface area contributed by atoms with Crippen LogP contribution >= 0.6 is 0 Å². The smallest absolute Gasteiger partial charge is 0.405 e. The van der Waals surface area contributed by atoms with Gasteiger partial charge in [-0.05, 0) is 12.1 Å². The number of aromatic nitrogens is 1. The molecule has 0 N–H and O–H groups in total. The first-order valence-electron chi connectivity index (χ1n) is 5.66. The molecule has 118 valence electrons. The van der Waals surface area contributed by atoms with Crippen molar-refractivity contribution in [2.45, 2.75) is 12.5 Å². The highest BCUT2D eigenvalue weighted by atomic mass is 19.4. The third-order valence-corrected chi connectivity index (χ3v) is 2.57. The number of alkyl halides is 6. The van der Waals surface area contributed by atoms with Crippen molar-refractivity contribution in [1.29, 1.82) is 0 Å². The zero-order chi connectivity index (χ0) is 16.5. The molecule has 2 nitrogen and oxygen atoms in total. The standard InChI is InChI=1S/C13H6F7NO/c14-11-9(5-7(6-21-11)12(15,16)17)8-3-1-2-4-10(8)22-13(18,19)20/h1-6H. The van der Waals surface area contributed by atoms with E-state index in [-0.39, 0.29) is 6.20 Å². The van der Waals surface area contributed by atoms with Gasteiger partial charge in [-0.15, -0.1) is 13.2 Å². The fourth-order valence-electron chi connectivity index (χ4n) is 1.69. The minimum Gasteiger partial charge on any atom is -0.405 e. The summed E-state index contributed by atoms with van der Waals surface area (Å²) in [5, 5.41) is 0. The molecular weight excluding hydrogens is 319 g/mol. The molecule has 0 saturated carbocycles. The lowest BCUT2D eigenvalue weighted by atomic mass is 10.0. The molecule has 1 aromatic heterocycles. The lowest BCUT2D eigenvalue weighted by Gasteiger charge is -2.14. The molecule has 1 aromatic carbocycles. The Hall–Kier alpha value is -2.32. The Kier molecular flexibility index (Phi) is 3.99. The van der Waals surface area contributed by atoms with Gasteiger partial charge >= 0.3 is 12.5 Å². The SMILES string of the molecule is Fc1ncc(C(F)(F)F)cc1-c1ccccc1OC(F)(F)F. The molecule has 2 rings (SSSR count). The minimum absolute atomic E-state index is 0.256. The summed E-state index contributed by atoms with van der Waals surface area (Å²) in [5.41, 5.74) is -2.52. The number of para-hydroxylation sites is 1. The predicted molar refractivity (Wildman–Crippen MR) is 61.3 cm³/mol. The third-order valence-electron chi connectivity index (χ3n) is 2.57. The molecule has 0 fully saturated rings. The number of halogens is 7. The van der Waals surface area contributed by atoms with Gasteiger partial charge in [0.05, 0.1) is 5.56 Å². The van der Waals surface area contributed by atoms with Gasteiger partial charge in [-0.25, -0.2) is 4.98 Å². The van der Waals surface area contributed by atoms with Crippen LogP contribution in [0, 0.1) is 5.95 Å². The van der Waals surface area contributed by atoms with Crippen LogP contribution in [0.1, 0.15) is 5.56 Å². The molecule has 0 bridgehead atoms. The summed E-state index contributed by atoms with van der Waals surface area (Å²) in [6, 6.07) is 4.65. The quantitative estimate of drug-likeness (QED) is 0.584. The summed E-state index contributed by atoms with van der Waals surface area (Å²) in [6.45, 7) is 0. The van der Waals surface area contributed by atoms with E-state index in [2.05, 4.69) is 9.72 Å². The Morgan fingerprint density at radius 2 is 1.55 bits per heavy atom. The lowest BCUT2D eigenvalue weighted by molar-refractivity contribution is -0.274. The summed E-state index contributed by atoms with van der Waals surface area (Å²) in [4.78, 5) is 2.94. The number of benzene rings is 1. The van der Waals surface area contributed by atoms with Crippen molar-refractivity contribution in [2.24, 2.45) is 0 Å².